The summed E-state index contributed by atoms with van der Waals surface area (Å²) in [4.78, 5) is 20.5. The summed E-state index contributed by atoms with van der Waals surface area (Å²) in [5, 5.41) is 3.13. The lowest BCUT2D eigenvalue weighted by atomic mass is 10.3. The molecule has 0 fully saturated rings. The smallest absolute Gasteiger partial charge is 0.263 e. The SMILES string of the molecule is O=C(CSc1nc2ccccc2o1)Nc1ccc(S(=O)(=O)Nc2ccccn2)cc1. The number of carbonyl (C=O) groups is 1. The van der Waals surface area contributed by atoms with E-state index in [4.69, 9.17) is 4.42 Å². The molecule has 0 spiro atoms. The zero-order chi connectivity index (χ0) is 21.0. The van der Waals surface area contributed by atoms with E-state index in [2.05, 4.69) is 20.0 Å². The van der Waals surface area contributed by atoms with Crippen LogP contribution in [0.2, 0.25) is 0 Å². The molecule has 0 bridgehead atoms. The Hall–Kier alpha value is -3.37. The van der Waals surface area contributed by atoms with Crippen LogP contribution < -0.4 is 10.0 Å². The average molecular weight is 441 g/mol. The summed E-state index contributed by atoms with van der Waals surface area (Å²) >= 11 is 1.18. The predicted molar refractivity (Wildman–Crippen MR) is 115 cm³/mol. The monoisotopic (exact) mass is 440 g/mol. The molecule has 2 aromatic carbocycles. The summed E-state index contributed by atoms with van der Waals surface area (Å²) in [5.74, 6) is 0.0734. The van der Waals surface area contributed by atoms with Crippen LogP contribution >= 0.6 is 11.8 Å². The van der Waals surface area contributed by atoms with E-state index in [1.54, 1.807) is 18.2 Å². The van der Waals surface area contributed by atoms with Crippen LogP contribution in [0.25, 0.3) is 11.1 Å². The molecule has 8 nitrogen and oxygen atoms in total. The van der Waals surface area contributed by atoms with Gasteiger partial charge in [-0.3, -0.25) is 9.52 Å². The minimum atomic E-state index is -3.77. The van der Waals surface area contributed by atoms with Crippen molar-refractivity contribution in [1.29, 1.82) is 0 Å². The van der Waals surface area contributed by atoms with Gasteiger partial charge in [0, 0.05) is 11.9 Å². The molecule has 0 atom stereocenters. The number of amides is 1. The first-order chi connectivity index (χ1) is 14.5. The van der Waals surface area contributed by atoms with Crippen molar-refractivity contribution in [1.82, 2.24) is 9.97 Å². The van der Waals surface area contributed by atoms with Crippen molar-refractivity contribution >= 4 is 50.3 Å². The Kier molecular flexibility index (Phi) is 5.68. The molecule has 152 valence electrons. The van der Waals surface area contributed by atoms with Crippen LogP contribution in [0.15, 0.2) is 87.5 Å². The minimum absolute atomic E-state index is 0.0620. The van der Waals surface area contributed by atoms with E-state index >= 15 is 0 Å². The normalized spacial score (nSPS) is 11.3. The molecule has 0 aliphatic heterocycles. The molecule has 0 unspecified atom stereocenters. The van der Waals surface area contributed by atoms with Gasteiger partial charge in [0.2, 0.25) is 5.91 Å². The standard InChI is InChI=1S/C20H16N4O4S2/c25-19(13-29-20-23-16-5-1-2-6-17(16)28-20)22-14-8-10-15(11-9-14)30(26,27)24-18-7-3-4-12-21-18/h1-12H,13H2,(H,21,24)(H,22,25). The first-order valence-electron chi connectivity index (χ1n) is 8.82. The molecule has 4 rings (SSSR count). The van der Waals surface area contributed by atoms with Crippen molar-refractivity contribution in [2.24, 2.45) is 0 Å². The molecule has 2 N–H and O–H groups in total. The highest BCUT2D eigenvalue weighted by atomic mass is 32.2. The number of benzene rings is 2. The zero-order valence-corrected chi connectivity index (χ0v) is 17.1. The van der Waals surface area contributed by atoms with Gasteiger partial charge in [-0.05, 0) is 48.5 Å². The number of fused-ring (bicyclic) bond motifs is 1. The summed E-state index contributed by atoms with van der Waals surface area (Å²) in [7, 11) is -3.77. The van der Waals surface area contributed by atoms with Gasteiger partial charge in [0.1, 0.15) is 11.3 Å². The third kappa shape index (κ3) is 4.78. The van der Waals surface area contributed by atoms with E-state index in [9.17, 15) is 13.2 Å². The lowest BCUT2D eigenvalue weighted by molar-refractivity contribution is -0.113. The molecule has 0 saturated heterocycles. The summed E-state index contributed by atoms with van der Waals surface area (Å²) in [5.41, 5.74) is 1.88. The number of pyridine rings is 1. The molecular weight excluding hydrogens is 424 g/mol. The maximum absolute atomic E-state index is 12.4. The van der Waals surface area contributed by atoms with Gasteiger partial charge in [-0.15, -0.1) is 0 Å². The van der Waals surface area contributed by atoms with Crippen LogP contribution in [0.5, 0.6) is 0 Å². The number of thioether (sulfide) groups is 1. The molecule has 0 saturated carbocycles. The van der Waals surface area contributed by atoms with Crippen molar-refractivity contribution < 1.29 is 17.6 Å². The average Bonchev–Trinajstić information content (AvgIpc) is 3.16. The van der Waals surface area contributed by atoms with Crippen LogP contribution in [0, 0.1) is 0 Å². The van der Waals surface area contributed by atoms with Gasteiger partial charge in [0.05, 0.1) is 10.6 Å². The van der Waals surface area contributed by atoms with Crippen molar-refractivity contribution in [3.05, 3.63) is 72.9 Å². The number of nitrogens with zero attached hydrogens (tertiary/aromatic N) is 2. The molecule has 0 aliphatic rings. The maximum Gasteiger partial charge on any atom is 0.263 e. The van der Waals surface area contributed by atoms with Crippen LogP contribution in [0.1, 0.15) is 0 Å². The summed E-state index contributed by atoms with van der Waals surface area (Å²) in [6.45, 7) is 0. The first-order valence-corrected chi connectivity index (χ1v) is 11.3. The number of rotatable bonds is 7. The summed E-state index contributed by atoms with van der Waals surface area (Å²) in [6.07, 6.45) is 1.50. The fourth-order valence-electron chi connectivity index (χ4n) is 2.57. The first kappa shape index (κ1) is 19.9. The van der Waals surface area contributed by atoms with Crippen LogP contribution in [-0.2, 0) is 14.8 Å². The van der Waals surface area contributed by atoms with Gasteiger partial charge >= 0.3 is 0 Å². The number of anilines is 2. The zero-order valence-electron chi connectivity index (χ0n) is 15.5. The van der Waals surface area contributed by atoms with Crippen molar-refractivity contribution in [3.8, 4) is 0 Å². The quantitative estimate of drug-likeness (QED) is 0.421. The van der Waals surface area contributed by atoms with Crippen LogP contribution in [0.3, 0.4) is 0 Å². The van der Waals surface area contributed by atoms with Gasteiger partial charge in [0.15, 0.2) is 5.58 Å². The third-order valence-electron chi connectivity index (χ3n) is 3.95. The second kappa shape index (κ2) is 8.56. The van der Waals surface area contributed by atoms with E-state index in [1.165, 1.54) is 42.2 Å². The molecule has 2 aromatic heterocycles. The summed E-state index contributed by atoms with van der Waals surface area (Å²) < 4.78 is 32.8. The fourth-order valence-corrected chi connectivity index (χ4v) is 4.22. The van der Waals surface area contributed by atoms with E-state index in [0.717, 1.165) is 5.52 Å². The van der Waals surface area contributed by atoms with E-state index in [0.29, 0.717) is 16.5 Å². The second-order valence-electron chi connectivity index (χ2n) is 6.13. The molecular formula is C20H16N4O4S2. The maximum atomic E-state index is 12.4. The number of nitrogens with one attached hydrogen (secondary N) is 2. The number of sulfonamides is 1. The molecule has 4 aromatic rings. The number of hydrogen-bond acceptors (Lipinski definition) is 7. The number of aromatic nitrogens is 2. The van der Waals surface area contributed by atoms with E-state index < -0.39 is 10.0 Å². The van der Waals surface area contributed by atoms with Gasteiger partial charge in [-0.1, -0.05) is 30.0 Å². The number of para-hydroxylation sites is 2. The topological polar surface area (TPSA) is 114 Å². The van der Waals surface area contributed by atoms with Crippen molar-refractivity contribution in [3.63, 3.8) is 0 Å². The number of carbonyl (C=O) groups excluding carboxylic acids is 1. The minimum Gasteiger partial charge on any atom is -0.431 e. The third-order valence-corrected chi connectivity index (χ3v) is 6.15. The van der Waals surface area contributed by atoms with Crippen LogP contribution in [-0.4, -0.2) is 30.0 Å². The lowest BCUT2D eigenvalue weighted by Gasteiger charge is -2.08. The molecule has 0 aliphatic carbocycles. The Balaban J connectivity index is 1.35. The van der Waals surface area contributed by atoms with Gasteiger partial charge < -0.3 is 9.73 Å². The molecule has 1 amide bonds. The summed E-state index contributed by atoms with van der Waals surface area (Å²) in [6, 6.07) is 18.2. The van der Waals surface area contributed by atoms with Gasteiger partial charge in [0.25, 0.3) is 15.2 Å². The Bertz CT molecular complexity index is 1240. The van der Waals surface area contributed by atoms with Gasteiger partial charge in [-0.25, -0.2) is 18.4 Å². The highest BCUT2D eigenvalue weighted by Gasteiger charge is 2.15. The molecule has 10 heteroatoms. The van der Waals surface area contributed by atoms with Crippen LogP contribution in [0.4, 0.5) is 11.5 Å². The number of oxazole rings is 1. The molecule has 0 radical (unpaired) electrons. The van der Waals surface area contributed by atoms with Crippen molar-refractivity contribution in [2.45, 2.75) is 10.1 Å². The fraction of sp³-hybridized carbons (Fsp3) is 0.0500. The Morgan fingerprint density at radius 2 is 1.77 bits per heavy atom. The highest BCUT2D eigenvalue weighted by Crippen LogP contribution is 2.23. The second-order valence-corrected chi connectivity index (χ2v) is 8.74. The van der Waals surface area contributed by atoms with Gasteiger partial charge in [-0.2, -0.15) is 0 Å². The van der Waals surface area contributed by atoms with E-state index in [-0.39, 0.29) is 22.4 Å². The Morgan fingerprint density at radius 1 is 1.00 bits per heavy atom. The molecule has 30 heavy (non-hydrogen) atoms. The Morgan fingerprint density at radius 3 is 2.50 bits per heavy atom. The van der Waals surface area contributed by atoms with Crippen molar-refractivity contribution in [2.75, 3.05) is 15.8 Å². The predicted octanol–water partition coefficient (Wildman–Crippen LogP) is 3.75. The largest absolute Gasteiger partial charge is 0.431 e. The lowest BCUT2D eigenvalue weighted by Crippen LogP contribution is -2.15. The van der Waals surface area contributed by atoms with E-state index in [1.807, 2.05) is 24.3 Å². The highest BCUT2D eigenvalue weighted by molar-refractivity contribution is 7.99. The molecule has 2 heterocycles. The number of hydrogen-bond donors (Lipinski definition) is 2. The Labute approximate surface area is 176 Å².